The van der Waals surface area contributed by atoms with Gasteiger partial charge >= 0.3 is 11.4 Å². The van der Waals surface area contributed by atoms with Gasteiger partial charge in [0, 0.05) is 6.07 Å². The van der Waals surface area contributed by atoms with Gasteiger partial charge in [-0.2, -0.15) is 0 Å². The molecule has 0 bridgehead atoms. The number of para-hydroxylation sites is 1. The molecule has 0 aromatic heterocycles. The fourth-order valence-corrected chi connectivity index (χ4v) is 2.29. The molecular weight excluding hydrogens is 304 g/mol. The lowest BCUT2D eigenvalue weighted by molar-refractivity contribution is -0.423. The van der Waals surface area contributed by atoms with Crippen LogP contribution in [0.25, 0.3) is 0 Å². The number of methoxy groups -OCH3 is 1. The van der Waals surface area contributed by atoms with E-state index in [1.165, 1.54) is 19.2 Å². The molecule has 2 aromatic rings. The number of carbonyl (C=O) groups is 1. The first-order valence-electron chi connectivity index (χ1n) is 6.50. The highest BCUT2D eigenvalue weighted by Gasteiger charge is 2.32. The summed E-state index contributed by atoms with van der Waals surface area (Å²) in [5.41, 5.74) is -0.868. The van der Waals surface area contributed by atoms with Crippen molar-refractivity contribution in [3.8, 4) is 5.75 Å². The lowest BCUT2D eigenvalue weighted by Gasteiger charge is -2.12. The number of nitrogens with zero attached hydrogens (tertiary/aromatic N) is 2. The summed E-state index contributed by atoms with van der Waals surface area (Å²) in [5.74, 6) is -0.423. The standard InChI is InChI=1S/C15H12N2O6/c1-23-11-7-5-10(6-8-11)13(9-18)12-3-2-4-14(16(19)20)15(12)17(21)22/h2-9,13H,1H3. The van der Waals surface area contributed by atoms with Crippen LogP contribution in [-0.4, -0.2) is 23.2 Å². The van der Waals surface area contributed by atoms with Gasteiger partial charge in [-0.25, -0.2) is 0 Å². The van der Waals surface area contributed by atoms with Crippen molar-refractivity contribution in [1.29, 1.82) is 0 Å². The lowest BCUT2D eigenvalue weighted by atomic mass is 9.91. The minimum absolute atomic E-state index is 0.0237. The molecule has 0 radical (unpaired) electrons. The normalized spacial score (nSPS) is 11.5. The molecule has 8 heteroatoms. The molecule has 0 spiro atoms. The minimum atomic E-state index is -0.985. The molecule has 0 aliphatic heterocycles. The van der Waals surface area contributed by atoms with Crippen LogP contribution in [0.3, 0.4) is 0 Å². The molecule has 2 rings (SSSR count). The maximum absolute atomic E-state index is 11.5. The van der Waals surface area contributed by atoms with Crippen molar-refractivity contribution in [1.82, 2.24) is 0 Å². The van der Waals surface area contributed by atoms with Gasteiger partial charge in [0.25, 0.3) is 0 Å². The van der Waals surface area contributed by atoms with Crippen LogP contribution in [0, 0.1) is 20.2 Å². The van der Waals surface area contributed by atoms with E-state index in [2.05, 4.69) is 0 Å². The quantitative estimate of drug-likeness (QED) is 0.460. The molecule has 8 nitrogen and oxygen atoms in total. The monoisotopic (exact) mass is 316 g/mol. The molecule has 1 unspecified atom stereocenters. The Morgan fingerprint density at radius 1 is 1.04 bits per heavy atom. The van der Waals surface area contributed by atoms with Gasteiger partial charge in [0.15, 0.2) is 0 Å². The zero-order chi connectivity index (χ0) is 17.0. The molecule has 0 amide bonds. The molecule has 0 N–H and O–H groups in total. The Kier molecular flexibility index (Phi) is 4.65. The number of aldehydes is 1. The van der Waals surface area contributed by atoms with E-state index in [1.54, 1.807) is 24.3 Å². The van der Waals surface area contributed by atoms with E-state index in [-0.39, 0.29) is 5.56 Å². The molecule has 1 atom stereocenters. The summed E-state index contributed by atoms with van der Waals surface area (Å²) in [6.45, 7) is 0. The Bertz CT molecular complexity index is 757. The molecule has 0 aliphatic carbocycles. The maximum atomic E-state index is 11.5. The molecule has 0 saturated carbocycles. The highest BCUT2D eigenvalue weighted by Crippen LogP contribution is 2.37. The van der Waals surface area contributed by atoms with Gasteiger partial charge in [0.2, 0.25) is 0 Å². The Hall–Kier alpha value is -3.29. The summed E-state index contributed by atoms with van der Waals surface area (Å²) < 4.78 is 5.01. The average Bonchev–Trinajstić information content (AvgIpc) is 2.55. The van der Waals surface area contributed by atoms with Crippen molar-refractivity contribution in [2.75, 3.05) is 7.11 Å². The predicted octanol–water partition coefficient (Wildman–Crippen LogP) is 2.84. The van der Waals surface area contributed by atoms with Gasteiger partial charge in [-0.05, 0) is 17.7 Å². The van der Waals surface area contributed by atoms with Crippen LogP contribution < -0.4 is 4.74 Å². The summed E-state index contributed by atoms with van der Waals surface area (Å²) in [6, 6.07) is 10.1. The highest BCUT2D eigenvalue weighted by atomic mass is 16.6. The van der Waals surface area contributed by atoms with Crippen LogP contribution in [0.15, 0.2) is 42.5 Å². The Labute approximate surface area is 130 Å². The molecule has 2 aromatic carbocycles. The molecule has 118 valence electrons. The van der Waals surface area contributed by atoms with Crippen LogP contribution in [0.1, 0.15) is 17.0 Å². The third kappa shape index (κ3) is 3.15. The molecule has 23 heavy (non-hydrogen) atoms. The van der Waals surface area contributed by atoms with Gasteiger partial charge < -0.3 is 9.53 Å². The number of ether oxygens (including phenoxy) is 1. The van der Waals surface area contributed by atoms with Crippen LogP contribution in [0.5, 0.6) is 5.75 Å². The minimum Gasteiger partial charge on any atom is -0.497 e. The average molecular weight is 316 g/mol. The summed E-state index contributed by atoms with van der Waals surface area (Å²) in [6.07, 6.45) is 0.522. The van der Waals surface area contributed by atoms with Crippen LogP contribution in [0.2, 0.25) is 0 Å². The van der Waals surface area contributed by atoms with E-state index in [0.717, 1.165) is 6.07 Å². The molecule has 0 aliphatic rings. The Morgan fingerprint density at radius 3 is 2.17 bits per heavy atom. The maximum Gasteiger partial charge on any atom is 0.350 e. The van der Waals surface area contributed by atoms with Crippen molar-refractivity contribution in [2.24, 2.45) is 0 Å². The number of carbonyl (C=O) groups excluding carboxylic acids is 1. The number of rotatable bonds is 6. The third-order valence-electron chi connectivity index (χ3n) is 3.37. The topological polar surface area (TPSA) is 113 Å². The van der Waals surface area contributed by atoms with E-state index in [9.17, 15) is 25.0 Å². The zero-order valence-electron chi connectivity index (χ0n) is 12.0. The smallest absolute Gasteiger partial charge is 0.350 e. The van der Waals surface area contributed by atoms with Crippen LogP contribution >= 0.6 is 0 Å². The van der Waals surface area contributed by atoms with Gasteiger partial charge in [-0.1, -0.05) is 24.3 Å². The number of benzene rings is 2. The second-order valence-electron chi connectivity index (χ2n) is 4.62. The fourth-order valence-electron chi connectivity index (χ4n) is 2.29. The number of nitro groups is 2. The van der Waals surface area contributed by atoms with Crippen molar-refractivity contribution in [3.63, 3.8) is 0 Å². The van der Waals surface area contributed by atoms with Crippen molar-refractivity contribution < 1.29 is 19.4 Å². The number of nitro benzene ring substituents is 2. The van der Waals surface area contributed by atoms with E-state index in [0.29, 0.717) is 17.6 Å². The zero-order valence-corrected chi connectivity index (χ0v) is 12.0. The van der Waals surface area contributed by atoms with Crippen molar-refractivity contribution in [3.05, 3.63) is 73.8 Å². The second-order valence-corrected chi connectivity index (χ2v) is 4.62. The highest BCUT2D eigenvalue weighted by molar-refractivity contribution is 5.74. The molecule has 0 fully saturated rings. The Morgan fingerprint density at radius 2 is 1.70 bits per heavy atom. The van der Waals surface area contributed by atoms with Crippen LogP contribution in [0.4, 0.5) is 11.4 Å². The summed E-state index contributed by atoms with van der Waals surface area (Å²) in [5, 5.41) is 22.3. The first-order valence-corrected chi connectivity index (χ1v) is 6.50. The van der Waals surface area contributed by atoms with E-state index in [1.807, 2.05) is 0 Å². The lowest BCUT2D eigenvalue weighted by Crippen LogP contribution is -2.08. The van der Waals surface area contributed by atoms with E-state index in [4.69, 9.17) is 4.74 Å². The van der Waals surface area contributed by atoms with Gasteiger partial charge in [-0.3, -0.25) is 20.2 Å². The first kappa shape index (κ1) is 16.1. The summed E-state index contributed by atoms with van der Waals surface area (Å²) in [4.78, 5) is 32.1. The van der Waals surface area contributed by atoms with Gasteiger partial charge in [-0.15, -0.1) is 0 Å². The largest absolute Gasteiger partial charge is 0.497 e. The van der Waals surface area contributed by atoms with Crippen molar-refractivity contribution in [2.45, 2.75) is 5.92 Å². The first-order chi connectivity index (χ1) is 11.0. The summed E-state index contributed by atoms with van der Waals surface area (Å²) >= 11 is 0. The van der Waals surface area contributed by atoms with Crippen molar-refractivity contribution >= 4 is 17.7 Å². The molecule has 0 heterocycles. The van der Waals surface area contributed by atoms with Gasteiger partial charge in [0.05, 0.1) is 28.4 Å². The fraction of sp³-hybridized carbons (Fsp3) is 0.133. The third-order valence-corrected chi connectivity index (χ3v) is 3.37. The number of hydrogen-bond donors (Lipinski definition) is 0. The second kappa shape index (κ2) is 6.65. The Balaban J connectivity index is 2.61. The summed E-state index contributed by atoms with van der Waals surface area (Å²) in [7, 11) is 1.48. The van der Waals surface area contributed by atoms with E-state index < -0.39 is 27.1 Å². The van der Waals surface area contributed by atoms with E-state index >= 15 is 0 Å². The van der Waals surface area contributed by atoms with Crippen LogP contribution in [-0.2, 0) is 4.79 Å². The van der Waals surface area contributed by atoms with Gasteiger partial charge in [0.1, 0.15) is 12.0 Å². The molecule has 0 saturated heterocycles. The number of hydrogen-bond acceptors (Lipinski definition) is 6. The SMILES string of the molecule is COc1ccc(C(C=O)c2cccc([N+](=O)[O-])c2[N+](=O)[O-])cc1. The molecular formula is C15H12N2O6. The predicted molar refractivity (Wildman–Crippen MR) is 80.7 cm³/mol.